The largest absolute Gasteiger partial charge is 0.378 e. The normalized spacial score (nSPS) is 21.0. The molecule has 0 spiro atoms. The Bertz CT molecular complexity index is 506. The lowest BCUT2D eigenvalue weighted by Crippen LogP contribution is -2.44. The standard InChI is InChI=1S/C18H27N3O2/c1-15(20-9-3-2-4-10-20)18(22)19-16-5-7-17(8-6-16)21-11-13-23-14-12-21/h5-8,15H,2-4,9-14H2,1H3,(H,19,22)/t15-/m1/s1. The van der Waals surface area contributed by atoms with E-state index in [1.54, 1.807) is 0 Å². The molecule has 1 amide bonds. The van der Waals surface area contributed by atoms with Gasteiger partial charge >= 0.3 is 0 Å². The monoisotopic (exact) mass is 317 g/mol. The molecule has 2 aliphatic rings. The highest BCUT2D eigenvalue weighted by Gasteiger charge is 2.22. The maximum Gasteiger partial charge on any atom is 0.241 e. The number of rotatable bonds is 4. The Morgan fingerprint density at radius 3 is 2.35 bits per heavy atom. The first-order valence-electron chi connectivity index (χ1n) is 8.72. The van der Waals surface area contributed by atoms with Crippen LogP contribution in [0.25, 0.3) is 0 Å². The fraction of sp³-hybridized carbons (Fsp3) is 0.611. The molecule has 0 radical (unpaired) electrons. The molecule has 5 nitrogen and oxygen atoms in total. The lowest BCUT2D eigenvalue weighted by Gasteiger charge is -2.31. The summed E-state index contributed by atoms with van der Waals surface area (Å²) in [4.78, 5) is 17.0. The molecular formula is C18H27N3O2. The molecule has 0 aromatic heterocycles. The SMILES string of the molecule is C[C@H](C(=O)Nc1ccc(N2CCOCC2)cc1)N1CCCCC1. The number of morpholine rings is 1. The van der Waals surface area contributed by atoms with Crippen molar-refractivity contribution in [3.63, 3.8) is 0 Å². The van der Waals surface area contributed by atoms with E-state index in [9.17, 15) is 4.79 Å². The zero-order valence-electron chi connectivity index (χ0n) is 14.0. The van der Waals surface area contributed by atoms with Gasteiger partial charge in [0.15, 0.2) is 0 Å². The maximum absolute atomic E-state index is 12.4. The first kappa shape index (κ1) is 16.3. The second kappa shape index (κ2) is 7.79. The van der Waals surface area contributed by atoms with Crippen molar-refractivity contribution in [1.82, 2.24) is 4.90 Å². The lowest BCUT2D eigenvalue weighted by molar-refractivity contribution is -0.121. The number of amides is 1. The van der Waals surface area contributed by atoms with Crippen LogP contribution in [-0.2, 0) is 9.53 Å². The van der Waals surface area contributed by atoms with Gasteiger partial charge in [0.1, 0.15) is 0 Å². The Morgan fingerprint density at radius 1 is 1.04 bits per heavy atom. The summed E-state index contributed by atoms with van der Waals surface area (Å²) >= 11 is 0. The molecule has 3 rings (SSSR count). The summed E-state index contributed by atoms with van der Waals surface area (Å²) < 4.78 is 5.38. The zero-order valence-corrected chi connectivity index (χ0v) is 14.0. The molecule has 1 atom stereocenters. The van der Waals surface area contributed by atoms with Crippen molar-refractivity contribution < 1.29 is 9.53 Å². The van der Waals surface area contributed by atoms with E-state index in [1.165, 1.54) is 24.9 Å². The van der Waals surface area contributed by atoms with Crippen LogP contribution in [0.2, 0.25) is 0 Å². The molecule has 0 bridgehead atoms. The van der Waals surface area contributed by atoms with Gasteiger partial charge in [0.25, 0.3) is 0 Å². The second-order valence-corrected chi connectivity index (χ2v) is 6.41. The topological polar surface area (TPSA) is 44.8 Å². The van der Waals surface area contributed by atoms with Crippen molar-refractivity contribution in [3.05, 3.63) is 24.3 Å². The summed E-state index contributed by atoms with van der Waals surface area (Å²) in [5.41, 5.74) is 2.06. The van der Waals surface area contributed by atoms with Gasteiger partial charge in [-0.3, -0.25) is 9.69 Å². The van der Waals surface area contributed by atoms with Gasteiger partial charge in [-0.25, -0.2) is 0 Å². The van der Waals surface area contributed by atoms with Crippen molar-refractivity contribution in [3.8, 4) is 0 Å². The van der Waals surface area contributed by atoms with Gasteiger partial charge in [-0.05, 0) is 57.1 Å². The summed E-state index contributed by atoms with van der Waals surface area (Å²) in [6.45, 7) is 7.49. The minimum Gasteiger partial charge on any atom is -0.378 e. The van der Waals surface area contributed by atoms with Gasteiger partial charge in [-0.15, -0.1) is 0 Å². The molecule has 0 aliphatic carbocycles. The van der Waals surface area contributed by atoms with E-state index in [0.29, 0.717) is 0 Å². The van der Waals surface area contributed by atoms with E-state index in [2.05, 4.69) is 27.2 Å². The van der Waals surface area contributed by atoms with Crippen LogP contribution < -0.4 is 10.2 Å². The molecular weight excluding hydrogens is 290 g/mol. The van der Waals surface area contributed by atoms with Crippen LogP contribution in [0.4, 0.5) is 11.4 Å². The first-order chi connectivity index (χ1) is 11.2. The number of nitrogens with zero attached hydrogens (tertiary/aromatic N) is 2. The Hall–Kier alpha value is -1.59. The van der Waals surface area contributed by atoms with Crippen molar-refractivity contribution >= 4 is 17.3 Å². The third-order valence-corrected chi connectivity index (χ3v) is 4.83. The number of ether oxygens (including phenoxy) is 1. The number of likely N-dealkylation sites (tertiary alicyclic amines) is 1. The number of anilines is 2. The predicted molar refractivity (Wildman–Crippen MR) is 93.0 cm³/mol. The van der Waals surface area contributed by atoms with Crippen molar-refractivity contribution in [1.29, 1.82) is 0 Å². The van der Waals surface area contributed by atoms with E-state index in [1.807, 2.05) is 19.1 Å². The summed E-state index contributed by atoms with van der Waals surface area (Å²) in [7, 11) is 0. The van der Waals surface area contributed by atoms with E-state index in [0.717, 1.165) is 45.1 Å². The lowest BCUT2D eigenvalue weighted by atomic mass is 10.1. The maximum atomic E-state index is 12.4. The molecule has 2 aliphatic heterocycles. The number of carbonyl (C=O) groups is 1. The highest BCUT2D eigenvalue weighted by atomic mass is 16.5. The quantitative estimate of drug-likeness (QED) is 0.926. The van der Waals surface area contributed by atoms with Gasteiger partial charge < -0.3 is 15.0 Å². The molecule has 1 N–H and O–H groups in total. The number of nitrogens with one attached hydrogen (secondary N) is 1. The van der Waals surface area contributed by atoms with Gasteiger partial charge in [0.05, 0.1) is 19.3 Å². The molecule has 0 saturated carbocycles. The van der Waals surface area contributed by atoms with Crippen LogP contribution in [-0.4, -0.2) is 56.2 Å². The Labute approximate surface area is 138 Å². The van der Waals surface area contributed by atoms with Gasteiger partial charge in [-0.1, -0.05) is 6.42 Å². The van der Waals surface area contributed by atoms with Crippen LogP contribution in [0, 0.1) is 0 Å². The van der Waals surface area contributed by atoms with Crippen LogP contribution in [0.3, 0.4) is 0 Å². The molecule has 1 aromatic carbocycles. The summed E-state index contributed by atoms with van der Waals surface area (Å²) in [6.07, 6.45) is 3.69. The molecule has 2 saturated heterocycles. The molecule has 2 heterocycles. The average Bonchev–Trinajstić information content (AvgIpc) is 2.63. The number of hydrogen-bond donors (Lipinski definition) is 1. The predicted octanol–water partition coefficient (Wildman–Crippen LogP) is 2.34. The summed E-state index contributed by atoms with van der Waals surface area (Å²) in [5, 5.41) is 3.05. The zero-order chi connectivity index (χ0) is 16.1. The number of benzene rings is 1. The molecule has 2 fully saturated rings. The first-order valence-corrected chi connectivity index (χ1v) is 8.72. The minimum atomic E-state index is -0.0609. The van der Waals surface area contributed by atoms with Crippen molar-refractivity contribution in [2.75, 3.05) is 49.6 Å². The molecule has 126 valence electrons. The molecule has 0 unspecified atom stereocenters. The van der Waals surface area contributed by atoms with Gasteiger partial charge in [0, 0.05) is 24.5 Å². The third-order valence-electron chi connectivity index (χ3n) is 4.83. The number of hydrogen-bond acceptors (Lipinski definition) is 4. The molecule has 1 aromatic rings. The number of piperidine rings is 1. The van der Waals surface area contributed by atoms with Gasteiger partial charge in [-0.2, -0.15) is 0 Å². The Morgan fingerprint density at radius 2 is 1.70 bits per heavy atom. The summed E-state index contributed by atoms with van der Waals surface area (Å²) in [5.74, 6) is 0.0889. The van der Waals surface area contributed by atoms with Crippen LogP contribution in [0.5, 0.6) is 0 Å². The second-order valence-electron chi connectivity index (χ2n) is 6.41. The molecule has 5 heteroatoms. The van der Waals surface area contributed by atoms with Crippen LogP contribution in [0.15, 0.2) is 24.3 Å². The average molecular weight is 317 g/mol. The van der Waals surface area contributed by atoms with E-state index in [-0.39, 0.29) is 11.9 Å². The highest BCUT2D eigenvalue weighted by molar-refractivity contribution is 5.94. The highest BCUT2D eigenvalue weighted by Crippen LogP contribution is 2.20. The Balaban J connectivity index is 1.55. The van der Waals surface area contributed by atoms with Crippen LogP contribution >= 0.6 is 0 Å². The van der Waals surface area contributed by atoms with Crippen molar-refractivity contribution in [2.24, 2.45) is 0 Å². The Kier molecular flexibility index (Phi) is 5.51. The summed E-state index contributed by atoms with van der Waals surface area (Å²) in [6, 6.07) is 8.07. The fourth-order valence-corrected chi connectivity index (χ4v) is 3.30. The van der Waals surface area contributed by atoms with Gasteiger partial charge in [0.2, 0.25) is 5.91 Å². The number of carbonyl (C=O) groups excluding carboxylic acids is 1. The fourth-order valence-electron chi connectivity index (χ4n) is 3.30. The van der Waals surface area contributed by atoms with E-state index >= 15 is 0 Å². The third kappa shape index (κ3) is 4.24. The minimum absolute atomic E-state index is 0.0609. The van der Waals surface area contributed by atoms with E-state index < -0.39 is 0 Å². The molecule has 23 heavy (non-hydrogen) atoms. The van der Waals surface area contributed by atoms with Crippen molar-refractivity contribution in [2.45, 2.75) is 32.2 Å². The van der Waals surface area contributed by atoms with E-state index in [4.69, 9.17) is 4.74 Å². The smallest absolute Gasteiger partial charge is 0.241 e. The van der Waals surface area contributed by atoms with Crippen LogP contribution in [0.1, 0.15) is 26.2 Å².